The van der Waals surface area contributed by atoms with Crippen LogP contribution in [0.1, 0.15) is 26.1 Å². The number of hydrogen-bond acceptors (Lipinski definition) is 2. The summed E-state index contributed by atoms with van der Waals surface area (Å²) in [5, 5.41) is 9.37. The van der Waals surface area contributed by atoms with E-state index >= 15 is 0 Å². The summed E-state index contributed by atoms with van der Waals surface area (Å²) in [5.74, 6) is 1.89. The van der Waals surface area contributed by atoms with E-state index < -0.39 is 0 Å². The third-order valence-corrected chi connectivity index (χ3v) is 2.98. The second-order valence-corrected chi connectivity index (χ2v) is 5.08. The molecule has 0 unspecified atom stereocenters. The van der Waals surface area contributed by atoms with Crippen molar-refractivity contribution in [3.05, 3.63) is 30.1 Å². The van der Waals surface area contributed by atoms with Crippen molar-refractivity contribution in [1.82, 2.24) is 9.97 Å². The molecule has 3 heteroatoms. The molecule has 0 saturated heterocycles. The highest BCUT2D eigenvalue weighted by Gasteiger charge is 2.13. The summed E-state index contributed by atoms with van der Waals surface area (Å²) >= 11 is 0. The van der Waals surface area contributed by atoms with Crippen molar-refractivity contribution in [2.45, 2.75) is 26.7 Å². The maximum Gasteiger partial charge on any atom is 0.107 e. The van der Waals surface area contributed by atoms with E-state index in [1.807, 2.05) is 24.3 Å². The van der Waals surface area contributed by atoms with E-state index in [4.69, 9.17) is 0 Å². The quantitative estimate of drug-likeness (QED) is 0.832. The number of aliphatic hydroxyl groups excluding tert-OH is 1. The summed E-state index contributed by atoms with van der Waals surface area (Å²) in [6.45, 7) is 4.60. The molecular formula is C14H20N2O. The van der Waals surface area contributed by atoms with Gasteiger partial charge in [-0.05, 0) is 30.4 Å². The van der Waals surface area contributed by atoms with E-state index in [9.17, 15) is 5.11 Å². The lowest BCUT2D eigenvalue weighted by Gasteiger charge is -2.14. The molecule has 1 heterocycles. The van der Waals surface area contributed by atoms with E-state index in [-0.39, 0.29) is 6.61 Å². The Bertz CT molecular complexity index is 443. The standard InChI is InChI=1S/C14H20N2O/c1-10(2)7-11(9-17)8-14-15-12-5-3-4-6-13(12)16-14/h3-6,10-11,17H,7-9H2,1-2H3,(H,15,16)/t11-/m1/s1. The number of imidazole rings is 1. The number of H-pyrrole nitrogens is 1. The summed E-state index contributed by atoms with van der Waals surface area (Å²) in [6, 6.07) is 8.03. The van der Waals surface area contributed by atoms with Crippen LogP contribution in [0.15, 0.2) is 24.3 Å². The van der Waals surface area contributed by atoms with Gasteiger partial charge in [-0.1, -0.05) is 26.0 Å². The van der Waals surface area contributed by atoms with E-state index in [1.165, 1.54) is 0 Å². The number of nitrogens with zero attached hydrogens (tertiary/aromatic N) is 1. The summed E-state index contributed by atoms with van der Waals surface area (Å²) in [4.78, 5) is 7.85. The van der Waals surface area contributed by atoms with Crippen molar-refractivity contribution in [2.24, 2.45) is 11.8 Å². The fraction of sp³-hybridized carbons (Fsp3) is 0.500. The van der Waals surface area contributed by atoms with Crippen LogP contribution < -0.4 is 0 Å². The molecular weight excluding hydrogens is 212 g/mol. The first-order valence-corrected chi connectivity index (χ1v) is 6.23. The normalized spacial score (nSPS) is 13.4. The van der Waals surface area contributed by atoms with Gasteiger partial charge < -0.3 is 10.1 Å². The predicted molar refractivity (Wildman–Crippen MR) is 69.8 cm³/mol. The topological polar surface area (TPSA) is 48.9 Å². The first kappa shape index (κ1) is 12.1. The Morgan fingerprint density at radius 1 is 1.29 bits per heavy atom. The Morgan fingerprint density at radius 3 is 2.71 bits per heavy atom. The fourth-order valence-corrected chi connectivity index (χ4v) is 2.26. The maximum atomic E-state index is 9.37. The van der Waals surface area contributed by atoms with Crippen LogP contribution in [0.3, 0.4) is 0 Å². The Labute approximate surface area is 102 Å². The Balaban J connectivity index is 2.11. The summed E-state index contributed by atoms with van der Waals surface area (Å²) in [7, 11) is 0. The van der Waals surface area contributed by atoms with Crippen LogP contribution in [0, 0.1) is 11.8 Å². The van der Waals surface area contributed by atoms with Gasteiger partial charge >= 0.3 is 0 Å². The fourth-order valence-electron chi connectivity index (χ4n) is 2.26. The molecule has 0 aliphatic heterocycles. The molecule has 1 aromatic heterocycles. The zero-order valence-electron chi connectivity index (χ0n) is 10.5. The van der Waals surface area contributed by atoms with Gasteiger partial charge in [-0.2, -0.15) is 0 Å². The zero-order chi connectivity index (χ0) is 12.3. The van der Waals surface area contributed by atoms with Gasteiger partial charge in [0.25, 0.3) is 0 Å². The van der Waals surface area contributed by atoms with Crippen LogP contribution in [0.5, 0.6) is 0 Å². The van der Waals surface area contributed by atoms with Crippen molar-refractivity contribution in [3.63, 3.8) is 0 Å². The van der Waals surface area contributed by atoms with Gasteiger partial charge in [0.1, 0.15) is 5.82 Å². The van der Waals surface area contributed by atoms with Gasteiger partial charge in [0.2, 0.25) is 0 Å². The van der Waals surface area contributed by atoms with Crippen molar-refractivity contribution in [3.8, 4) is 0 Å². The average molecular weight is 232 g/mol. The summed E-state index contributed by atoms with van der Waals surface area (Å²) in [6.07, 6.45) is 1.86. The number of nitrogens with one attached hydrogen (secondary N) is 1. The Morgan fingerprint density at radius 2 is 2.06 bits per heavy atom. The van der Waals surface area contributed by atoms with E-state index in [0.717, 1.165) is 29.7 Å². The van der Waals surface area contributed by atoms with Crippen molar-refractivity contribution >= 4 is 11.0 Å². The van der Waals surface area contributed by atoms with Crippen LogP contribution >= 0.6 is 0 Å². The van der Waals surface area contributed by atoms with Crippen LogP contribution in [0.25, 0.3) is 11.0 Å². The highest BCUT2D eigenvalue weighted by Crippen LogP contribution is 2.17. The summed E-state index contributed by atoms with van der Waals surface area (Å²) < 4.78 is 0. The SMILES string of the molecule is CC(C)C[C@@H](CO)Cc1nc2ccccc2[nH]1. The smallest absolute Gasteiger partial charge is 0.107 e. The number of para-hydroxylation sites is 2. The lowest BCUT2D eigenvalue weighted by Crippen LogP contribution is -2.13. The number of benzene rings is 1. The highest BCUT2D eigenvalue weighted by atomic mass is 16.3. The molecule has 2 N–H and O–H groups in total. The molecule has 17 heavy (non-hydrogen) atoms. The predicted octanol–water partition coefficient (Wildman–Crippen LogP) is 2.76. The molecule has 0 bridgehead atoms. The van der Waals surface area contributed by atoms with E-state index in [2.05, 4.69) is 23.8 Å². The van der Waals surface area contributed by atoms with Crippen LogP contribution in [0.4, 0.5) is 0 Å². The molecule has 0 fully saturated rings. The first-order chi connectivity index (χ1) is 8.19. The molecule has 3 nitrogen and oxygen atoms in total. The average Bonchev–Trinajstić information content (AvgIpc) is 2.69. The number of aromatic amines is 1. The third kappa shape index (κ3) is 3.07. The van der Waals surface area contributed by atoms with E-state index in [1.54, 1.807) is 0 Å². The first-order valence-electron chi connectivity index (χ1n) is 6.23. The third-order valence-electron chi connectivity index (χ3n) is 2.98. The molecule has 0 spiro atoms. The van der Waals surface area contributed by atoms with E-state index in [0.29, 0.717) is 11.8 Å². The van der Waals surface area contributed by atoms with Crippen LogP contribution in [-0.2, 0) is 6.42 Å². The van der Waals surface area contributed by atoms with Gasteiger partial charge in [0.15, 0.2) is 0 Å². The van der Waals surface area contributed by atoms with Crippen molar-refractivity contribution < 1.29 is 5.11 Å². The largest absolute Gasteiger partial charge is 0.396 e. The monoisotopic (exact) mass is 232 g/mol. The lowest BCUT2D eigenvalue weighted by atomic mass is 9.95. The molecule has 1 atom stereocenters. The molecule has 2 rings (SSSR count). The Kier molecular flexibility index (Phi) is 3.79. The molecule has 0 radical (unpaired) electrons. The second kappa shape index (κ2) is 5.32. The number of fused-ring (bicyclic) bond motifs is 1. The van der Waals surface area contributed by atoms with Crippen molar-refractivity contribution in [1.29, 1.82) is 0 Å². The van der Waals surface area contributed by atoms with Gasteiger partial charge in [0, 0.05) is 13.0 Å². The summed E-state index contributed by atoms with van der Waals surface area (Å²) in [5.41, 5.74) is 2.08. The van der Waals surface area contributed by atoms with Crippen LogP contribution in [0.2, 0.25) is 0 Å². The second-order valence-electron chi connectivity index (χ2n) is 5.08. The molecule has 0 amide bonds. The zero-order valence-corrected chi connectivity index (χ0v) is 10.5. The minimum absolute atomic E-state index is 0.231. The Hall–Kier alpha value is -1.35. The molecule has 2 aromatic rings. The molecule has 0 aliphatic rings. The maximum absolute atomic E-state index is 9.37. The molecule has 92 valence electrons. The highest BCUT2D eigenvalue weighted by molar-refractivity contribution is 5.74. The van der Waals surface area contributed by atoms with Gasteiger partial charge in [-0.15, -0.1) is 0 Å². The van der Waals surface area contributed by atoms with Crippen LogP contribution in [-0.4, -0.2) is 21.7 Å². The number of rotatable bonds is 5. The van der Waals surface area contributed by atoms with Gasteiger partial charge in [0.05, 0.1) is 11.0 Å². The molecule has 0 aliphatic carbocycles. The van der Waals surface area contributed by atoms with Crippen molar-refractivity contribution in [2.75, 3.05) is 6.61 Å². The number of aromatic nitrogens is 2. The molecule has 1 aromatic carbocycles. The van der Waals surface area contributed by atoms with Gasteiger partial charge in [-0.3, -0.25) is 0 Å². The molecule has 0 saturated carbocycles. The van der Waals surface area contributed by atoms with Gasteiger partial charge in [-0.25, -0.2) is 4.98 Å². The minimum Gasteiger partial charge on any atom is -0.396 e. The minimum atomic E-state index is 0.231. The lowest BCUT2D eigenvalue weighted by molar-refractivity contribution is 0.204. The number of hydrogen-bond donors (Lipinski definition) is 2. The number of aliphatic hydroxyl groups is 1.